The molecular weight excluding hydrogens is 324 g/mol. The number of pyridine rings is 1. The quantitative estimate of drug-likeness (QED) is 0.806. The molecule has 1 amide bonds. The van der Waals surface area contributed by atoms with Crippen LogP contribution in [0.1, 0.15) is 16.5 Å². The van der Waals surface area contributed by atoms with Crippen molar-refractivity contribution in [3.05, 3.63) is 53.9 Å². The zero-order valence-electron chi connectivity index (χ0n) is 13.8. The summed E-state index contributed by atoms with van der Waals surface area (Å²) in [6, 6.07) is 9.80. The number of amides is 1. The van der Waals surface area contributed by atoms with Crippen molar-refractivity contribution in [1.82, 2.24) is 9.88 Å². The molecule has 1 saturated heterocycles. The Hall–Kier alpha value is -2.21. The van der Waals surface area contributed by atoms with Gasteiger partial charge < -0.3 is 14.4 Å². The van der Waals surface area contributed by atoms with Gasteiger partial charge in [0, 0.05) is 24.5 Å². The van der Waals surface area contributed by atoms with E-state index in [9.17, 15) is 4.79 Å². The Bertz CT molecular complexity index is 709. The molecule has 1 aliphatic heterocycles. The Morgan fingerprint density at radius 2 is 2.08 bits per heavy atom. The molecule has 1 aromatic carbocycles. The second-order valence-corrected chi connectivity index (χ2v) is 6.54. The van der Waals surface area contributed by atoms with Gasteiger partial charge in [-0.2, -0.15) is 0 Å². The molecular formula is C18H20N2O3S. The molecule has 1 unspecified atom stereocenters. The third-order valence-corrected chi connectivity index (χ3v) is 5.28. The van der Waals surface area contributed by atoms with E-state index in [1.165, 1.54) is 0 Å². The first-order valence-electron chi connectivity index (χ1n) is 7.75. The zero-order valence-corrected chi connectivity index (χ0v) is 14.6. The number of aromatic nitrogens is 1. The van der Waals surface area contributed by atoms with Crippen LogP contribution < -0.4 is 9.47 Å². The van der Waals surface area contributed by atoms with Crippen LogP contribution >= 0.6 is 11.8 Å². The lowest BCUT2D eigenvalue weighted by atomic mass is 10.1. The van der Waals surface area contributed by atoms with E-state index in [2.05, 4.69) is 4.98 Å². The number of methoxy groups -OCH3 is 2. The lowest BCUT2D eigenvalue weighted by Crippen LogP contribution is -2.30. The number of rotatable bonds is 6. The first-order valence-corrected chi connectivity index (χ1v) is 8.79. The molecule has 1 aromatic heterocycles. The number of ether oxygens (including phenoxy) is 2. The number of carbonyl (C=O) groups is 1. The molecule has 126 valence electrons. The standard InChI is InChI=1S/C18H20N2O3S/c1-22-15-6-5-13(10-16(15)23-2)7-9-20-17(21)12-24-18(20)14-4-3-8-19-11-14/h3-6,8,10-11,18H,7,9,12H2,1-2H3. The van der Waals surface area contributed by atoms with Crippen LogP contribution in [0.25, 0.3) is 0 Å². The molecule has 3 rings (SSSR count). The molecule has 1 aliphatic rings. The smallest absolute Gasteiger partial charge is 0.233 e. The van der Waals surface area contributed by atoms with Crippen molar-refractivity contribution in [2.24, 2.45) is 0 Å². The van der Waals surface area contributed by atoms with Crippen LogP contribution in [-0.2, 0) is 11.2 Å². The van der Waals surface area contributed by atoms with E-state index in [1.54, 1.807) is 32.2 Å². The van der Waals surface area contributed by atoms with Gasteiger partial charge in [0.2, 0.25) is 5.91 Å². The fraction of sp³-hybridized carbons (Fsp3) is 0.333. The lowest BCUT2D eigenvalue weighted by molar-refractivity contribution is -0.128. The van der Waals surface area contributed by atoms with E-state index < -0.39 is 0 Å². The highest BCUT2D eigenvalue weighted by atomic mass is 32.2. The van der Waals surface area contributed by atoms with E-state index in [-0.39, 0.29) is 11.3 Å². The Labute approximate surface area is 146 Å². The summed E-state index contributed by atoms with van der Waals surface area (Å²) in [5, 5.41) is 0.0475. The Morgan fingerprint density at radius 1 is 1.25 bits per heavy atom. The van der Waals surface area contributed by atoms with Gasteiger partial charge in [0.1, 0.15) is 5.37 Å². The summed E-state index contributed by atoms with van der Waals surface area (Å²) < 4.78 is 10.6. The van der Waals surface area contributed by atoms with Crippen LogP contribution in [0, 0.1) is 0 Å². The van der Waals surface area contributed by atoms with E-state index in [4.69, 9.17) is 9.47 Å². The fourth-order valence-corrected chi connectivity index (χ4v) is 3.98. The average Bonchev–Trinajstić information content (AvgIpc) is 3.01. The molecule has 24 heavy (non-hydrogen) atoms. The second-order valence-electron chi connectivity index (χ2n) is 5.48. The van der Waals surface area contributed by atoms with Gasteiger partial charge in [-0.3, -0.25) is 9.78 Å². The number of carbonyl (C=O) groups excluding carboxylic acids is 1. The molecule has 5 nitrogen and oxygen atoms in total. The zero-order chi connectivity index (χ0) is 16.9. The molecule has 2 heterocycles. The minimum atomic E-state index is 0.0475. The van der Waals surface area contributed by atoms with Gasteiger partial charge in [-0.1, -0.05) is 12.1 Å². The third-order valence-electron chi connectivity index (χ3n) is 4.03. The predicted octanol–water partition coefficient (Wildman–Crippen LogP) is 2.92. The molecule has 0 saturated carbocycles. The normalized spacial score (nSPS) is 17.2. The van der Waals surface area contributed by atoms with Crippen molar-refractivity contribution in [2.45, 2.75) is 11.8 Å². The van der Waals surface area contributed by atoms with Gasteiger partial charge in [0.25, 0.3) is 0 Å². The average molecular weight is 344 g/mol. The van der Waals surface area contributed by atoms with Crippen molar-refractivity contribution in [1.29, 1.82) is 0 Å². The van der Waals surface area contributed by atoms with Crippen LogP contribution in [0.4, 0.5) is 0 Å². The first-order chi connectivity index (χ1) is 11.7. The maximum Gasteiger partial charge on any atom is 0.233 e. The Kier molecular flexibility index (Phi) is 5.25. The van der Waals surface area contributed by atoms with Gasteiger partial charge in [-0.25, -0.2) is 0 Å². The minimum absolute atomic E-state index is 0.0475. The van der Waals surface area contributed by atoms with Gasteiger partial charge in [0.15, 0.2) is 11.5 Å². The number of benzene rings is 1. The maximum atomic E-state index is 12.2. The van der Waals surface area contributed by atoms with Crippen LogP contribution in [0.3, 0.4) is 0 Å². The first kappa shape index (κ1) is 16.6. The molecule has 2 aromatic rings. The van der Waals surface area contributed by atoms with Crippen LogP contribution in [0.2, 0.25) is 0 Å². The third kappa shape index (κ3) is 3.48. The number of hydrogen-bond acceptors (Lipinski definition) is 5. The number of hydrogen-bond donors (Lipinski definition) is 0. The molecule has 1 fully saturated rings. The van der Waals surface area contributed by atoms with Crippen LogP contribution in [0.15, 0.2) is 42.7 Å². The van der Waals surface area contributed by atoms with Crippen molar-refractivity contribution in [2.75, 3.05) is 26.5 Å². The van der Waals surface area contributed by atoms with Crippen LogP contribution in [-0.4, -0.2) is 42.3 Å². The highest BCUT2D eigenvalue weighted by Crippen LogP contribution is 2.38. The Morgan fingerprint density at radius 3 is 2.79 bits per heavy atom. The van der Waals surface area contributed by atoms with Gasteiger partial charge >= 0.3 is 0 Å². The summed E-state index contributed by atoms with van der Waals surface area (Å²) in [5.74, 6) is 2.11. The summed E-state index contributed by atoms with van der Waals surface area (Å²) in [5.41, 5.74) is 2.18. The fourth-order valence-electron chi connectivity index (χ4n) is 2.78. The Balaban J connectivity index is 1.71. The molecule has 6 heteroatoms. The van der Waals surface area contributed by atoms with E-state index >= 15 is 0 Å². The summed E-state index contributed by atoms with van der Waals surface area (Å²) in [6.45, 7) is 0.668. The summed E-state index contributed by atoms with van der Waals surface area (Å²) in [4.78, 5) is 18.3. The van der Waals surface area contributed by atoms with E-state index in [0.29, 0.717) is 23.8 Å². The summed E-state index contributed by atoms with van der Waals surface area (Å²) in [7, 11) is 3.25. The monoisotopic (exact) mass is 344 g/mol. The van der Waals surface area contributed by atoms with Crippen molar-refractivity contribution in [3.8, 4) is 11.5 Å². The number of nitrogens with zero attached hydrogens (tertiary/aromatic N) is 2. The summed E-state index contributed by atoms with van der Waals surface area (Å²) in [6.07, 6.45) is 4.35. The van der Waals surface area contributed by atoms with Crippen molar-refractivity contribution >= 4 is 17.7 Å². The van der Waals surface area contributed by atoms with Crippen molar-refractivity contribution < 1.29 is 14.3 Å². The van der Waals surface area contributed by atoms with Gasteiger partial charge in [0.05, 0.1) is 20.0 Å². The van der Waals surface area contributed by atoms with Crippen molar-refractivity contribution in [3.63, 3.8) is 0 Å². The molecule has 0 N–H and O–H groups in total. The maximum absolute atomic E-state index is 12.2. The number of thioether (sulfide) groups is 1. The molecule has 0 aliphatic carbocycles. The second kappa shape index (κ2) is 7.57. The van der Waals surface area contributed by atoms with E-state index in [1.807, 2.05) is 41.4 Å². The predicted molar refractivity (Wildman–Crippen MR) is 94.4 cm³/mol. The van der Waals surface area contributed by atoms with Gasteiger partial charge in [-0.05, 0) is 30.2 Å². The largest absolute Gasteiger partial charge is 0.493 e. The van der Waals surface area contributed by atoms with E-state index in [0.717, 1.165) is 17.5 Å². The highest BCUT2D eigenvalue weighted by molar-refractivity contribution is 8.00. The lowest BCUT2D eigenvalue weighted by Gasteiger charge is -2.24. The molecule has 1 atom stereocenters. The van der Waals surface area contributed by atoms with Gasteiger partial charge in [-0.15, -0.1) is 11.8 Å². The molecule has 0 spiro atoms. The topological polar surface area (TPSA) is 51.7 Å². The minimum Gasteiger partial charge on any atom is -0.493 e. The molecule has 0 bridgehead atoms. The highest BCUT2D eigenvalue weighted by Gasteiger charge is 2.32. The summed E-state index contributed by atoms with van der Waals surface area (Å²) >= 11 is 1.65. The SMILES string of the molecule is COc1ccc(CCN2C(=O)CSC2c2cccnc2)cc1OC. The molecule has 0 radical (unpaired) electrons. The van der Waals surface area contributed by atoms with Crippen LogP contribution in [0.5, 0.6) is 11.5 Å².